The first-order chi connectivity index (χ1) is 9.83. The van der Waals surface area contributed by atoms with E-state index in [0.29, 0.717) is 32.5 Å². The van der Waals surface area contributed by atoms with E-state index in [2.05, 4.69) is 0 Å². The Morgan fingerprint density at radius 2 is 1.86 bits per heavy atom. The molecule has 0 saturated carbocycles. The summed E-state index contributed by atoms with van der Waals surface area (Å²) in [6, 6.07) is -0.499. The van der Waals surface area contributed by atoms with Gasteiger partial charge in [0.25, 0.3) is 0 Å². The summed E-state index contributed by atoms with van der Waals surface area (Å²) >= 11 is 0. The van der Waals surface area contributed by atoms with Crippen LogP contribution in [0.2, 0.25) is 0 Å². The van der Waals surface area contributed by atoms with Crippen LogP contribution in [0.25, 0.3) is 0 Å². The molecule has 2 atom stereocenters. The lowest BCUT2D eigenvalue weighted by Crippen LogP contribution is -2.53. The van der Waals surface area contributed by atoms with Crippen LogP contribution >= 0.6 is 0 Å². The van der Waals surface area contributed by atoms with E-state index in [1.807, 2.05) is 0 Å². The number of hydrogen-bond acceptors (Lipinski definition) is 3. The minimum Gasteiger partial charge on any atom is -0.481 e. The third kappa shape index (κ3) is 3.28. The highest BCUT2D eigenvalue weighted by atomic mass is 16.4. The summed E-state index contributed by atoms with van der Waals surface area (Å²) in [5.74, 6) is -1.17. The van der Waals surface area contributed by atoms with Gasteiger partial charge in [-0.2, -0.15) is 0 Å². The van der Waals surface area contributed by atoms with Crippen molar-refractivity contribution in [2.75, 3.05) is 26.2 Å². The molecule has 0 aromatic rings. The average Bonchev–Trinajstić information content (AvgIpc) is 2.46. The number of carboxylic acid groups (broad SMARTS) is 1. The smallest absolute Gasteiger partial charge is 0.314 e. The van der Waals surface area contributed by atoms with Gasteiger partial charge in [-0.05, 0) is 32.6 Å². The third-order valence-electron chi connectivity index (χ3n) is 4.61. The summed E-state index contributed by atoms with van der Waals surface area (Å²) in [4.78, 5) is 38.3. The lowest BCUT2D eigenvalue weighted by molar-refractivity contribution is -0.154. The summed E-state index contributed by atoms with van der Waals surface area (Å²) in [5, 5.41) is 9.31. The Morgan fingerprint density at radius 1 is 1.19 bits per heavy atom. The summed E-state index contributed by atoms with van der Waals surface area (Å²) in [6.45, 7) is 3.45. The van der Waals surface area contributed by atoms with Gasteiger partial charge < -0.3 is 20.6 Å². The van der Waals surface area contributed by atoms with Gasteiger partial charge in [0, 0.05) is 26.2 Å². The molecule has 7 heteroatoms. The van der Waals surface area contributed by atoms with Crippen molar-refractivity contribution in [3.8, 4) is 0 Å². The van der Waals surface area contributed by atoms with Crippen molar-refractivity contribution < 1.29 is 19.5 Å². The van der Waals surface area contributed by atoms with E-state index in [9.17, 15) is 19.5 Å². The molecule has 0 aliphatic carbocycles. The number of amides is 3. The van der Waals surface area contributed by atoms with E-state index >= 15 is 0 Å². The van der Waals surface area contributed by atoms with Gasteiger partial charge in [-0.1, -0.05) is 0 Å². The summed E-state index contributed by atoms with van der Waals surface area (Å²) in [5.41, 5.74) is 4.41. The monoisotopic (exact) mass is 297 g/mol. The van der Waals surface area contributed by atoms with E-state index in [1.165, 1.54) is 4.90 Å². The Kier molecular flexibility index (Phi) is 4.39. The fourth-order valence-corrected chi connectivity index (χ4v) is 3.24. The summed E-state index contributed by atoms with van der Waals surface area (Å²) in [6.07, 6.45) is 2.76. The normalized spacial score (nSPS) is 30.0. The van der Waals surface area contributed by atoms with Gasteiger partial charge in [0.2, 0.25) is 5.91 Å². The van der Waals surface area contributed by atoms with Crippen LogP contribution in [0.15, 0.2) is 0 Å². The Balaban J connectivity index is 2.02. The number of carboxylic acids is 1. The molecule has 21 heavy (non-hydrogen) atoms. The zero-order valence-electron chi connectivity index (χ0n) is 12.4. The van der Waals surface area contributed by atoms with Crippen molar-refractivity contribution >= 4 is 17.9 Å². The van der Waals surface area contributed by atoms with Crippen LogP contribution in [0.4, 0.5) is 4.79 Å². The van der Waals surface area contributed by atoms with E-state index in [4.69, 9.17) is 5.73 Å². The van der Waals surface area contributed by atoms with Gasteiger partial charge in [-0.3, -0.25) is 9.59 Å². The Morgan fingerprint density at radius 3 is 2.48 bits per heavy atom. The standard InChI is InChI=1S/C14H23N3O4/c1-14(12(19)20)5-3-7-17(9-14)11(18)10-4-2-6-16(8-10)13(15)21/h10H,2-9H2,1H3,(H2,15,21)(H,19,20). The first-order valence-corrected chi connectivity index (χ1v) is 7.40. The minimum atomic E-state index is -0.869. The molecule has 0 aromatic heterocycles. The highest BCUT2D eigenvalue weighted by molar-refractivity contribution is 5.82. The van der Waals surface area contributed by atoms with Gasteiger partial charge in [0.1, 0.15) is 0 Å². The molecule has 2 saturated heterocycles. The van der Waals surface area contributed by atoms with Gasteiger partial charge in [0.15, 0.2) is 0 Å². The van der Waals surface area contributed by atoms with E-state index in [0.717, 1.165) is 12.8 Å². The number of rotatable bonds is 2. The number of urea groups is 1. The number of hydrogen-bond donors (Lipinski definition) is 2. The summed E-state index contributed by atoms with van der Waals surface area (Å²) < 4.78 is 0. The van der Waals surface area contributed by atoms with Crippen molar-refractivity contribution in [2.45, 2.75) is 32.6 Å². The molecule has 7 nitrogen and oxygen atoms in total. The number of primary amides is 1. The number of carbonyl (C=O) groups excluding carboxylic acids is 2. The maximum atomic E-state index is 12.6. The predicted molar refractivity (Wildman–Crippen MR) is 75.4 cm³/mol. The molecule has 0 aromatic carbocycles. The van der Waals surface area contributed by atoms with Gasteiger partial charge in [-0.25, -0.2) is 4.79 Å². The van der Waals surface area contributed by atoms with Gasteiger partial charge in [-0.15, -0.1) is 0 Å². The number of aliphatic carboxylic acids is 1. The number of carbonyl (C=O) groups is 3. The Labute approximate surface area is 124 Å². The third-order valence-corrected chi connectivity index (χ3v) is 4.61. The molecular weight excluding hydrogens is 274 g/mol. The molecule has 2 rings (SSSR count). The highest BCUT2D eigenvalue weighted by Crippen LogP contribution is 2.31. The molecule has 118 valence electrons. The second-order valence-electron chi connectivity index (χ2n) is 6.35. The largest absolute Gasteiger partial charge is 0.481 e. The van der Waals surface area contributed by atoms with Gasteiger partial charge in [0.05, 0.1) is 11.3 Å². The number of nitrogens with zero attached hydrogens (tertiary/aromatic N) is 2. The Hall–Kier alpha value is -1.79. The van der Waals surface area contributed by atoms with Crippen molar-refractivity contribution in [3.05, 3.63) is 0 Å². The van der Waals surface area contributed by atoms with Crippen LogP contribution in [0.5, 0.6) is 0 Å². The molecule has 2 unspecified atom stereocenters. The first kappa shape index (κ1) is 15.6. The average molecular weight is 297 g/mol. The van der Waals surface area contributed by atoms with Crippen LogP contribution in [-0.2, 0) is 9.59 Å². The van der Waals surface area contributed by atoms with Crippen molar-refractivity contribution in [3.63, 3.8) is 0 Å². The lowest BCUT2D eigenvalue weighted by Gasteiger charge is -2.40. The molecule has 0 radical (unpaired) electrons. The van der Waals surface area contributed by atoms with Crippen molar-refractivity contribution in [2.24, 2.45) is 17.1 Å². The summed E-state index contributed by atoms with van der Waals surface area (Å²) in [7, 11) is 0. The molecule has 2 fully saturated rings. The topological polar surface area (TPSA) is 104 Å². The minimum absolute atomic E-state index is 0.0480. The van der Waals surface area contributed by atoms with Crippen LogP contribution < -0.4 is 5.73 Å². The van der Waals surface area contributed by atoms with E-state index in [1.54, 1.807) is 11.8 Å². The fourth-order valence-electron chi connectivity index (χ4n) is 3.24. The molecule has 3 amide bonds. The highest BCUT2D eigenvalue weighted by Gasteiger charge is 2.41. The molecule has 0 bridgehead atoms. The molecule has 2 heterocycles. The number of nitrogens with two attached hydrogens (primary N) is 1. The molecule has 3 N–H and O–H groups in total. The zero-order chi connectivity index (χ0) is 15.6. The second kappa shape index (κ2) is 5.91. The van der Waals surface area contributed by atoms with E-state index in [-0.39, 0.29) is 18.4 Å². The van der Waals surface area contributed by atoms with Crippen LogP contribution in [0.1, 0.15) is 32.6 Å². The molecular formula is C14H23N3O4. The van der Waals surface area contributed by atoms with Crippen LogP contribution in [-0.4, -0.2) is 59.0 Å². The van der Waals surface area contributed by atoms with Crippen molar-refractivity contribution in [1.29, 1.82) is 0 Å². The fraction of sp³-hybridized carbons (Fsp3) is 0.786. The second-order valence-corrected chi connectivity index (χ2v) is 6.35. The van der Waals surface area contributed by atoms with Crippen molar-refractivity contribution in [1.82, 2.24) is 9.80 Å². The quantitative estimate of drug-likeness (QED) is 0.774. The number of likely N-dealkylation sites (tertiary alicyclic amines) is 2. The maximum absolute atomic E-state index is 12.6. The molecule has 2 aliphatic rings. The van der Waals surface area contributed by atoms with E-state index < -0.39 is 17.4 Å². The SMILES string of the molecule is CC1(C(=O)O)CCCN(C(=O)C2CCCN(C(N)=O)C2)C1. The Bertz CT molecular complexity index is 454. The molecule has 2 aliphatic heterocycles. The first-order valence-electron chi connectivity index (χ1n) is 7.40. The van der Waals surface area contributed by atoms with Crippen LogP contribution in [0.3, 0.4) is 0 Å². The maximum Gasteiger partial charge on any atom is 0.314 e. The number of piperidine rings is 2. The van der Waals surface area contributed by atoms with Gasteiger partial charge >= 0.3 is 12.0 Å². The molecule has 0 spiro atoms. The predicted octanol–water partition coefficient (Wildman–Crippen LogP) is 0.490. The zero-order valence-corrected chi connectivity index (χ0v) is 12.4. The lowest BCUT2D eigenvalue weighted by atomic mass is 9.81. The van der Waals surface area contributed by atoms with Crippen LogP contribution in [0, 0.1) is 11.3 Å².